The van der Waals surface area contributed by atoms with E-state index in [1.165, 1.54) is 6.33 Å². The standard InChI is InChI=1S/C21H29N5O4Si/c1-13(2)16-17(19(27)21(28)29)24-26(12-30-7-8-31(4,5)6)18(16)15-9-14(3)20-22-11-23-25(20)10-15/h9-11,13H,7-8,12H2,1-6H3,(H,28,29). The summed E-state index contributed by atoms with van der Waals surface area (Å²) in [6.45, 7) is 13.3. The smallest absolute Gasteiger partial charge is 0.379 e. The number of nitrogens with zero attached hydrogens (tertiary/aromatic N) is 5. The van der Waals surface area contributed by atoms with Crippen LogP contribution in [0.15, 0.2) is 18.6 Å². The summed E-state index contributed by atoms with van der Waals surface area (Å²) in [5.74, 6) is -2.68. The van der Waals surface area contributed by atoms with Gasteiger partial charge in [0.25, 0.3) is 5.78 Å². The van der Waals surface area contributed by atoms with Crippen LogP contribution in [0.4, 0.5) is 0 Å². The van der Waals surface area contributed by atoms with Crippen LogP contribution >= 0.6 is 0 Å². The Balaban J connectivity index is 2.12. The minimum absolute atomic E-state index is 0.0531. The molecule has 0 unspecified atom stereocenters. The Morgan fingerprint density at radius 1 is 1.26 bits per heavy atom. The number of carbonyl (C=O) groups is 2. The molecule has 9 nitrogen and oxygen atoms in total. The largest absolute Gasteiger partial charge is 0.475 e. The van der Waals surface area contributed by atoms with Gasteiger partial charge >= 0.3 is 5.97 Å². The van der Waals surface area contributed by atoms with Crippen molar-refractivity contribution in [2.24, 2.45) is 0 Å². The predicted octanol–water partition coefficient (Wildman–Crippen LogP) is 3.60. The summed E-state index contributed by atoms with van der Waals surface area (Å²) >= 11 is 0. The van der Waals surface area contributed by atoms with Crippen molar-refractivity contribution < 1.29 is 19.4 Å². The molecule has 0 aliphatic rings. The maximum atomic E-state index is 12.4. The van der Waals surface area contributed by atoms with Gasteiger partial charge in [-0.3, -0.25) is 4.79 Å². The van der Waals surface area contributed by atoms with Crippen molar-refractivity contribution >= 4 is 25.5 Å². The Bertz CT molecular complexity index is 1130. The summed E-state index contributed by atoms with van der Waals surface area (Å²) in [6, 6.07) is 2.94. The predicted molar refractivity (Wildman–Crippen MR) is 119 cm³/mol. The van der Waals surface area contributed by atoms with E-state index in [1.807, 2.05) is 33.0 Å². The molecule has 0 radical (unpaired) electrons. The van der Waals surface area contributed by atoms with E-state index in [0.717, 1.165) is 22.8 Å². The van der Waals surface area contributed by atoms with Crippen LogP contribution in [0.2, 0.25) is 25.7 Å². The molecule has 0 aliphatic heterocycles. The SMILES string of the molecule is Cc1cc(-c2c(C(C)C)c(C(=O)C(=O)O)nn2COCC[Si](C)(C)C)cn2ncnc12. The lowest BCUT2D eigenvalue weighted by Crippen LogP contribution is -2.22. The summed E-state index contributed by atoms with van der Waals surface area (Å²) in [4.78, 5) is 28.1. The highest BCUT2D eigenvalue weighted by molar-refractivity contribution is 6.76. The maximum Gasteiger partial charge on any atom is 0.379 e. The van der Waals surface area contributed by atoms with E-state index in [1.54, 1.807) is 9.20 Å². The summed E-state index contributed by atoms with van der Waals surface area (Å²) in [5.41, 5.74) is 3.60. The third-order valence-electron chi connectivity index (χ3n) is 5.02. The zero-order chi connectivity index (χ0) is 22.9. The number of aliphatic carboxylic acids is 1. The molecule has 10 heteroatoms. The number of rotatable bonds is 9. The van der Waals surface area contributed by atoms with Crippen molar-refractivity contribution in [3.05, 3.63) is 35.4 Å². The van der Waals surface area contributed by atoms with E-state index in [2.05, 4.69) is 34.8 Å². The van der Waals surface area contributed by atoms with Crippen LogP contribution in [0.25, 0.3) is 16.9 Å². The first-order chi connectivity index (χ1) is 14.5. The van der Waals surface area contributed by atoms with Gasteiger partial charge in [0.15, 0.2) is 5.65 Å². The quantitative estimate of drug-likeness (QED) is 0.233. The van der Waals surface area contributed by atoms with Crippen LogP contribution in [0.1, 0.15) is 41.4 Å². The van der Waals surface area contributed by atoms with E-state index in [-0.39, 0.29) is 18.3 Å². The van der Waals surface area contributed by atoms with Crippen molar-refractivity contribution in [1.82, 2.24) is 24.4 Å². The topological polar surface area (TPSA) is 112 Å². The number of hydrogen-bond acceptors (Lipinski definition) is 6. The lowest BCUT2D eigenvalue weighted by molar-refractivity contribution is -0.131. The summed E-state index contributed by atoms with van der Waals surface area (Å²) < 4.78 is 9.14. The molecule has 1 N–H and O–H groups in total. The lowest BCUT2D eigenvalue weighted by Gasteiger charge is -2.16. The minimum Gasteiger partial charge on any atom is -0.475 e. The molecule has 31 heavy (non-hydrogen) atoms. The number of ketones is 1. The Labute approximate surface area is 182 Å². The van der Waals surface area contributed by atoms with E-state index >= 15 is 0 Å². The molecule has 0 saturated heterocycles. The molecular formula is C21H29N5O4Si. The fourth-order valence-electron chi connectivity index (χ4n) is 3.44. The molecule has 0 spiro atoms. The number of fused-ring (bicyclic) bond motifs is 1. The molecule has 0 atom stereocenters. The Morgan fingerprint density at radius 3 is 2.58 bits per heavy atom. The van der Waals surface area contributed by atoms with E-state index < -0.39 is 19.8 Å². The normalized spacial score (nSPS) is 12.1. The van der Waals surface area contributed by atoms with Crippen molar-refractivity contribution in [3.8, 4) is 11.3 Å². The average Bonchev–Trinajstić information content (AvgIpc) is 3.28. The summed E-state index contributed by atoms with van der Waals surface area (Å²) in [6.07, 6.45) is 3.29. The summed E-state index contributed by atoms with van der Waals surface area (Å²) in [5, 5.41) is 17.9. The molecule has 3 aromatic rings. The zero-order valence-corrected chi connectivity index (χ0v) is 19.8. The van der Waals surface area contributed by atoms with Gasteiger partial charge in [-0.25, -0.2) is 19.0 Å². The second-order valence-electron chi connectivity index (χ2n) is 9.19. The number of pyridine rings is 1. The molecule has 0 aliphatic carbocycles. The van der Waals surface area contributed by atoms with Crippen LogP contribution in [0.3, 0.4) is 0 Å². The Kier molecular flexibility index (Phi) is 6.42. The highest BCUT2D eigenvalue weighted by Gasteiger charge is 2.30. The Morgan fingerprint density at radius 2 is 1.97 bits per heavy atom. The monoisotopic (exact) mass is 443 g/mol. The highest BCUT2D eigenvalue weighted by atomic mass is 28.3. The molecule has 3 heterocycles. The first-order valence-electron chi connectivity index (χ1n) is 10.3. The van der Waals surface area contributed by atoms with Crippen LogP contribution in [-0.2, 0) is 16.3 Å². The Hall–Kier alpha value is -2.85. The highest BCUT2D eigenvalue weighted by Crippen LogP contribution is 2.33. The van der Waals surface area contributed by atoms with Crippen molar-refractivity contribution in [2.75, 3.05) is 6.61 Å². The molecule has 166 valence electrons. The fourth-order valence-corrected chi connectivity index (χ4v) is 4.20. The van der Waals surface area contributed by atoms with Gasteiger partial charge in [-0.1, -0.05) is 33.5 Å². The van der Waals surface area contributed by atoms with Gasteiger partial charge in [0.1, 0.15) is 18.8 Å². The first kappa shape index (κ1) is 22.8. The minimum atomic E-state index is -1.53. The number of aromatic nitrogens is 5. The molecular weight excluding hydrogens is 414 g/mol. The first-order valence-corrected chi connectivity index (χ1v) is 14.0. The molecule has 0 fully saturated rings. The van der Waals surface area contributed by atoms with Crippen molar-refractivity contribution in [1.29, 1.82) is 0 Å². The number of carbonyl (C=O) groups excluding carboxylic acids is 1. The van der Waals surface area contributed by atoms with Gasteiger partial charge in [0.05, 0.1) is 5.69 Å². The number of Topliss-reactive ketones (excluding diaryl/α,β-unsaturated/α-hetero) is 1. The molecule has 0 amide bonds. The van der Waals surface area contributed by atoms with E-state index in [4.69, 9.17) is 4.74 Å². The number of ether oxygens (including phenoxy) is 1. The van der Waals surface area contributed by atoms with Gasteiger partial charge < -0.3 is 9.84 Å². The van der Waals surface area contributed by atoms with Crippen LogP contribution in [0, 0.1) is 6.92 Å². The average molecular weight is 444 g/mol. The van der Waals surface area contributed by atoms with Gasteiger partial charge in [0.2, 0.25) is 0 Å². The molecule has 3 rings (SSSR count). The van der Waals surface area contributed by atoms with Gasteiger partial charge in [-0.2, -0.15) is 10.2 Å². The second kappa shape index (κ2) is 8.72. The van der Waals surface area contributed by atoms with Gasteiger partial charge in [-0.15, -0.1) is 0 Å². The van der Waals surface area contributed by atoms with Crippen LogP contribution < -0.4 is 0 Å². The van der Waals surface area contributed by atoms with Gasteiger partial charge in [0, 0.05) is 32.0 Å². The summed E-state index contributed by atoms with van der Waals surface area (Å²) in [7, 11) is -1.26. The number of hydrogen-bond donors (Lipinski definition) is 1. The lowest BCUT2D eigenvalue weighted by atomic mass is 9.95. The van der Waals surface area contributed by atoms with E-state index in [9.17, 15) is 14.7 Å². The zero-order valence-electron chi connectivity index (χ0n) is 18.8. The van der Waals surface area contributed by atoms with Crippen LogP contribution in [0.5, 0.6) is 0 Å². The van der Waals surface area contributed by atoms with Gasteiger partial charge in [-0.05, 0) is 30.5 Å². The van der Waals surface area contributed by atoms with Crippen molar-refractivity contribution in [2.45, 2.75) is 59.1 Å². The molecule has 0 saturated carbocycles. The van der Waals surface area contributed by atoms with Crippen LogP contribution in [-0.4, -0.2) is 55.9 Å². The molecule has 0 bridgehead atoms. The number of carboxylic acid groups (broad SMARTS) is 1. The number of aryl methyl sites for hydroxylation is 1. The molecule has 0 aromatic carbocycles. The fraction of sp³-hybridized carbons (Fsp3) is 0.476. The number of carboxylic acids is 1. The maximum absolute atomic E-state index is 12.4. The molecule has 3 aromatic heterocycles. The third-order valence-corrected chi connectivity index (χ3v) is 6.72. The van der Waals surface area contributed by atoms with E-state index in [0.29, 0.717) is 17.9 Å². The second-order valence-corrected chi connectivity index (χ2v) is 14.8. The third kappa shape index (κ3) is 4.91. The van der Waals surface area contributed by atoms with Crippen molar-refractivity contribution in [3.63, 3.8) is 0 Å².